The third-order valence-electron chi connectivity index (χ3n) is 5.44. The molecule has 3 aliphatic rings. The van der Waals surface area contributed by atoms with Gasteiger partial charge in [-0.25, -0.2) is 15.0 Å². The van der Waals surface area contributed by atoms with Crippen molar-refractivity contribution in [3.05, 3.63) is 12.7 Å². The van der Waals surface area contributed by atoms with Crippen LogP contribution in [0.15, 0.2) is 12.7 Å². The molecule has 5 rings (SSSR count). The molecule has 4 heterocycles. The number of anilines is 1. The summed E-state index contributed by atoms with van der Waals surface area (Å²) in [6.45, 7) is 1.64. The molecule has 4 atom stereocenters. The zero-order valence-corrected chi connectivity index (χ0v) is 13.0. The SMILES string of the molecule is OC[C@H]1O[C@@H](n2cnc3c(N4CC5(CC5)C4)ncnc32)[C@H](O)[C@@H]1O. The second-order valence-corrected chi connectivity index (χ2v) is 7.11. The first-order chi connectivity index (χ1) is 11.6. The van der Waals surface area contributed by atoms with E-state index in [1.54, 1.807) is 4.57 Å². The number of aliphatic hydroxyl groups is 3. The maximum absolute atomic E-state index is 10.2. The number of nitrogens with zero attached hydrogens (tertiary/aromatic N) is 5. The molecule has 0 aromatic carbocycles. The molecule has 2 aromatic heterocycles. The number of imidazole rings is 1. The first-order valence-electron chi connectivity index (χ1n) is 8.17. The number of hydrogen-bond acceptors (Lipinski definition) is 8. The minimum Gasteiger partial charge on any atom is -0.394 e. The maximum Gasteiger partial charge on any atom is 0.167 e. The normalized spacial score (nSPS) is 34.0. The second-order valence-electron chi connectivity index (χ2n) is 7.11. The van der Waals surface area contributed by atoms with Gasteiger partial charge in [-0.1, -0.05) is 0 Å². The van der Waals surface area contributed by atoms with E-state index in [4.69, 9.17) is 4.74 Å². The molecule has 3 N–H and O–H groups in total. The number of fused-ring (bicyclic) bond motifs is 1. The number of aliphatic hydroxyl groups excluding tert-OH is 3. The Balaban J connectivity index is 1.50. The average Bonchev–Trinajstić information content (AvgIpc) is 3.18. The fourth-order valence-electron chi connectivity index (χ4n) is 3.77. The highest BCUT2D eigenvalue weighted by molar-refractivity contribution is 5.84. The summed E-state index contributed by atoms with van der Waals surface area (Å²) in [7, 11) is 0. The van der Waals surface area contributed by atoms with Crippen molar-refractivity contribution in [2.45, 2.75) is 37.4 Å². The molecular weight excluding hydrogens is 314 g/mol. The van der Waals surface area contributed by atoms with Gasteiger partial charge in [-0.3, -0.25) is 4.57 Å². The standard InChI is InChI=1S/C15H19N5O4/c21-3-8-10(22)11(23)14(24-8)20-7-18-9-12(16-6-17-13(9)20)19-4-15(5-19)1-2-15/h6-8,10-11,14,21-23H,1-5H2/t8-,10-,11-,14-/m1/s1. The van der Waals surface area contributed by atoms with E-state index in [2.05, 4.69) is 19.9 Å². The predicted octanol–water partition coefficient (Wildman–Crippen LogP) is -0.962. The van der Waals surface area contributed by atoms with E-state index in [0.717, 1.165) is 18.9 Å². The Morgan fingerprint density at radius 3 is 2.62 bits per heavy atom. The quantitative estimate of drug-likeness (QED) is 0.657. The fraction of sp³-hybridized carbons (Fsp3) is 0.667. The zero-order valence-electron chi connectivity index (χ0n) is 13.0. The van der Waals surface area contributed by atoms with Gasteiger partial charge in [0.05, 0.1) is 12.9 Å². The highest BCUT2D eigenvalue weighted by Crippen LogP contribution is 2.54. The van der Waals surface area contributed by atoms with Crippen LogP contribution in [0.2, 0.25) is 0 Å². The molecule has 0 unspecified atom stereocenters. The van der Waals surface area contributed by atoms with Crippen molar-refractivity contribution < 1.29 is 20.1 Å². The Labute approximate surface area is 137 Å². The summed E-state index contributed by atoms with van der Waals surface area (Å²) in [5.41, 5.74) is 1.71. The summed E-state index contributed by atoms with van der Waals surface area (Å²) in [5, 5.41) is 29.4. The molecule has 24 heavy (non-hydrogen) atoms. The van der Waals surface area contributed by atoms with Crippen LogP contribution in [-0.2, 0) is 4.74 Å². The number of ether oxygens (including phenoxy) is 1. The van der Waals surface area contributed by atoms with Crippen LogP contribution in [0.1, 0.15) is 19.1 Å². The highest BCUT2D eigenvalue weighted by Gasteiger charge is 2.53. The summed E-state index contributed by atoms with van der Waals surface area (Å²) >= 11 is 0. The predicted molar refractivity (Wildman–Crippen MR) is 82.2 cm³/mol. The first kappa shape index (κ1) is 14.5. The lowest BCUT2D eigenvalue weighted by Crippen LogP contribution is -2.49. The Hall–Kier alpha value is -1.81. The van der Waals surface area contributed by atoms with Crippen molar-refractivity contribution in [2.24, 2.45) is 5.41 Å². The van der Waals surface area contributed by atoms with Crippen LogP contribution in [-0.4, -0.2) is 72.8 Å². The molecule has 2 saturated heterocycles. The fourth-order valence-corrected chi connectivity index (χ4v) is 3.77. The smallest absolute Gasteiger partial charge is 0.167 e. The summed E-state index contributed by atoms with van der Waals surface area (Å²) < 4.78 is 7.16. The van der Waals surface area contributed by atoms with Crippen LogP contribution in [0.25, 0.3) is 11.2 Å². The molecule has 3 fully saturated rings. The van der Waals surface area contributed by atoms with Gasteiger partial charge in [0.15, 0.2) is 23.2 Å². The van der Waals surface area contributed by atoms with Gasteiger partial charge in [0.1, 0.15) is 24.6 Å². The van der Waals surface area contributed by atoms with Gasteiger partial charge in [-0.2, -0.15) is 0 Å². The molecular formula is C15H19N5O4. The average molecular weight is 333 g/mol. The summed E-state index contributed by atoms with van der Waals surface area (Å²) in [6, 6.07) is 0. The molecule has 0 radical (unpaired) electrons. The van der Waals surface area contributed by atoms with E-state index in [9.17, 15) is 15.3 Å². The molecule has 1 saturated carbocycles. The van der Waals surface area contributed by atoms with Gasteiger partial charge in [0.25, 0.3) is 0 Å². The Kier molecular flexibility index (Phi) is 2.94. The van der Waals surface area contributed by atoms with Crippen LogP contribution in [0.4, 0.5) is 5.82 Å². The van der Waals surface area contributed by atoms with Crippen LogP contribution >= 0.6 is 0 Å². The van der Waals surface area contributed by atoms with Gasteiger partial charge in [0, 0.05) is 18.5 Å². The highest BCUT2D eigenvalue weighted by atomic mass is 16.6. The molecule has 0 amide bonds. The molecule has 1 aliphatic carbocycles. The maximum atomic E-state index is 10.2. The van der Waals surface area contributed by atoms with E-state index in [0.29, 0.717) is 16.6 Å². The van der Waals surface area contributed by atoms with Gasteiger partial charge in [-0.05, 0) is 12.8 Å². The third kappa shape index (κ3) is 1.92. The lowest BCUT2D eigenvalue weighted by atomic mass is 9.97. The van der Waals surface area contributed by atoms with E-state index >= 15 is 0 Å². The van der Waals surface area contributed by atoms with E-state index in [1.807, 2.05) is 0 Å². The van der Waals surface area contributed by atoms with Crippen molar-refractivity contribution in [1.82, 2.24) is 19.5 Å². The van der Waals surface area contributed by atoms with Crippen LogP contribution in [0.5, 0.6) is 0 Å². The summed E-state index contributed by atoms with van der Waals surface area (Å²) in [6.07, 6.45) is 1.62. The van der Waals surface area contributed by atoms with Crippen molar-refractivity contribution in [1.29, 1.82) is 0 Å². The van der Waals surface area contributed by atoms with Crippen molar-refractivity contribution >= 4 is 17.0 Å². The topological polar surface area (TPSA) is 117 Å². The Bertz CT molecular complexity index is 783. The summed E-state index contributed by atoms with van der Waals surface area (Å²) in [4.78, 5) is 15.3. The van der Waals surface area contributed by atoms with Crippen LogP contribution < -0.4 is 4.90 Å². The molecule has 2 aromatic rings. The molecule has 2 aliphatic heterocycles. The van der Waals surface area contributed by atoms with Gasteiger partial charge in [0.2, 0.25) is 0 Å². The lowest BCUT2D eigenvalue weighted by Gasteiger charge is -2.40. The Morgan fingerprint density at radius 1 is 1.17 bits per heavy atom. The van der Waals surface area contributed by atoms with E-state index in [-0.39, 0.29) is 6.61 Å². The summed E-state index contributed by atoms with van der Waals surface area (Å²) in [5.74, 6) is 0.794. The molecule has 128 valence electrons. The third-order valence-corrected chi connectivity index (χ3v) is 5.44. The van der Waals surface area contributed by atoms with Crippen LogP contribution in [0, 0.1) is 5.41 Å². The zero-order chi connectivity index (χ0) is 16.5. The monoisotopic (exact) mass is 333 g/mol. The molecule has 9 heteroatoms. The molecule has 1 spiro atoms. The molecule has 9 nitrogen and oxygen atoms in total. The van der Waals surface area contributed by atoms with Crippen molar-refractivity contribution in [3.8, 4) is 0 Å². The number of rotatable bonds is 3. The van der Waals surface area contributed by atoms with Crippen molar-refractivity contribution in [2.75, 3.05) is 24.6 Å². The van der Waals surface area contributed by atoms with E-state index < -0.39 is 24.5 Å². The number of aromatic nitrogens is 4. The first-order valence-corrected chi connectivity index (χ1v) is 8.17. The van der Waals surface area contributed by atoms with Crippen molar-refractivity contribution in [3.63, 3.8) is 0 Å². The molecule has 0 bridgehead atoms. The lowest BCUT2D eigenvalue weighted by molar-refractivity contribution is -0.0511. The minimum absolute atomic E-state index is 0.364. The Morgan fingerprint density at radius 2 is 1.96 bits per heavy atom. The minimum atomic E-state index is -1.16. The number of hydrogen-bond donors (Lipinski definition) is 3. The van der Waals surface area contributed by atoms with Gasteiger partial charge >= 0.3 is 0 Å². The van der Waals surface area contributed by atoms with Gasteiger partial charge in [-0.15, -0.1) is 0 Å². The second kappa shape index (κ2) is 4.85. The van der Waals surface area contributed by atoms with Gasteiger partial charge < -0.3 is 25.0 Å². The van der Waals surface area contributed by atoms with E-state index in [1.165, 1.54) is 25.5 Å². The van der Waals surface area contributed by atoms with Crippen LogP contribution in [0.3, 0.4) is 0 Å². The largest absolute Gasteiger partial charge is 0.394 e.